The zero-order valence-electron chi connectivity index (χ0n) is 12.0. The van der Waals surface area contributed by atoms with Gasteiger partial charge in [-0.15, -0.1) is 11.3 Å². The van der Waals surface area contributed by atoms with E-state index in [9.17, 15) is 14.0 Å². The van der Waals surface area contributed by atoms with E-state index < -0.39 is 17.7 Å². The van der Waals surface area contributed by atoms with Gasteiger partial charge < -0.3 is 10.1 Å². The highest BCUT2D eigenvalue weighted by molar-refractivity contribution is 7.21. The molecule has 0 bridgehead atoms. The number of rotatable bonds is 3. The summed E-state index contributed by atoms with van der Waals surface area (Å²) in [5, 5.41) is 3.34. The maximum absolute atomic E-state index is 13.0. The number of carbonyl (C=O) groups excluding carboxylic acids is 2. The first-order valence-corrected chi connectivity index (χ1v) is 7.44. The molecule has 0 atom stereocenters. The third kappa shape index (κ3) is 2.91. The minimum Gasteiger partial charge on any atom is -0.465 e. The molecule has 0 radical (unpaired) electrons. The molecule has 0 saturated carbocycles. The second kappa shape index (κ2) is 6.13. The van der Waals surface area contributed by atoms with E-state index in [1.54, 1.807) is 18.3 Å². The summed E-state index contributed by atoms with van der Waals surface area (Å²) in [4.78, 5) is 29.3. The van der Waals surface area contributed by atoms with Crippen molar-refractivity contribution in [3.63, 3.8) is 0 Å². The van der Waals surface area contributed by atoms with Crippen LogP contribution in [0.5, 0.6) is 0 Å². The van der Waals surface area contributed by atoms with Gasteiger partial charge in [0.25, 0.3) is 5.91 Å². The van der Waals surface area contributed by atoms with E-state index in [2.05, 4.69) is 10.3 Å². The lowest BCUT2D eigenvalue weighted by molar-refractivity contribution is 0.0607. The van der Waals surface area contributed by atoms with Crippen LogP contribution in [0.4, 0.5) is 10.1 Å². The van der Waals surface area contributed by atoms with Crippen LogP contribution in [0.25, 0.3) is 10.2 Å². The van der Waals surface area contributed by atoms with Gasteiger partial charge in [-0.1, -0.05) is 0 Å². The van der Waals surface area contributed by atoms with Gasteiger partial charge in [-0.05, 0) is 36.4 Å². The molecule has 0 aliphatic rings. The molecule has 1 aromatic carbocycles. The standard InChI is InChI=1S/C16H11FN2O3S/c1-22-16(21)13-12(11-3-2-8-18-15(11)23-13)19-14(20)9-4-6-10(17)7-5-9/h2-8H,1H3,(H,19,20). The molecule has 0 fully saturated rings. The Kier molecular flexibility index (Phi) is 4.03. The van der Waals surface area contributed by atoms with Crippen LogP contribution >= 0.6 is 11.3 Å². The molecule has 0 saturated heterocycles. The smallest absolute Gasteiger partial charge is 0.350 e. The average molecular weight is 330 g/mol. The van der Waals surface area contributed by atoms with E-state index in [1.807, 2.05) is 0 Å². The molecule has 1 amide bonds. The molecule has 23 heavy (non-hydrogen) atoms. The fourth-order valence-electron chi connectivity index (χ4n) is 2.08. The van der Waals surface area contributed by atoms with Gasteiger partial charge in [-0.3, -0.25) is 4.79 Å². The van der Waals surface area contributed by atoms with Gasteiger partial charge >= 0.3 is 5.97 Å². The van der Waals surface area contributed by atoms with Gasteiger partial charge in [-0.2, -0.15) is 0 Å². The minimum atomic E-state index is -0.553. The predicted octanol–water partition coefficient (Wildman–Crippen LogP) is 3.47. The van der Waals surface area contributed by atoms with Crippen molar-refractivity contribution in [1.29, 1.82) is 0 Å². The number of ether oxygens (including phenoxy) is 1. The van der Waals surface area contributed by atoms with Gasteiger partial charge in [0.2, 0.25) is 0 Å². The minimum absolute atomic E-state index is 0.261. The summed E-state index contributed by atoms with van der Waals surface area (Å²) >= 11 is 1.14. The second-order valence-corrected chi connectivity index (χ2v) is 5.61. The molecule has 2 heterocycles. The maximum Gasteiger partial charge on any atom is 0.350 e. The predicted molar refractivity (Wildman–Crippen MR) is 85.3 cm³/mol. The molecule has 5 nitrogen and oxygen atoms in total. The van der Waals surface area contributed by atoms with Crippen LogP contribution in [0.2, 0.25) is 0 Å². The molecular weight excluding hydrogens is 319 g/mol. The van der Waals surface area contributed by atoms with E-state index in [0.29, 0.717) is 15.9 Å². The molecule has 0 aliphatic heterocycles. The summed E-state index contributed by atoms with van der Waals surface area (Å²) in [5.74, 6) is -1.43. The van der Waals surface area contributed by atoms with Crippen molar-refractivity contribution in [1.82, 2.24) is 4.98 Å². The zero-order chi connectivity index (χ0) is 16.4. The molecular formula is C16H11FN2O3S. The highest BCUT2D eigenvalue weighted by atomic mass is 32.1. The normalized spacial score (nSPS) is 10.5. The zero-order valence-corrected chi connectivity index (χ0v) is 12.8. The molecule has 0 aliphatic carbocycles. The largest absolute Gasteiger partial charge is 0.465 e. The number of halogens is 1. The first-order chi connectivity index (χ1) is 11.1. The Morgan fingerprint density at radius 2 is 1.96 bits per heavy atom. The van der Waals surface area contributed by atoms with Gasteiger partial charge in [-0.25, -0.2) is 14.2 Å². The van der Waals surface area contributed by atoms with Crippen molar-refractivity contribution in [2.75, 3.05) is 12.4 Å². The fraction of sp³-hybridized carbons (Fsp3) is 0.0625. The number of thiophene rings is 1. The number of carbonyl (C=O) groups is 2. The molecule has 0 spiro atoms. The third-order valence-corrected chi connectivity index (χ3v) is 4.28. The van der Waals surface area contributed by atoms with Crippen molar-refractivity contribution in [3.8, 4) is 0 Å². The molecule has 7 heteroatoms. The molecule has 1 N–H and O–H groups in total. The number of nitrogens with zero attached hydrogens (tertiary/aromatic N) is 1. The second-order valence-electron chi connectivity index (χ2n) is 4.61. The number of pyridine rings is 1. The highest BCUT2D eigenvalue weighted by Gasteiger charge is 2.21. The summed E-state index contributed by atoms with van der Waals surface area (Å²) in [6.45, 7) is 0. The SMILES string of the molecule is COC(=O)c1sc2ncccc2c1NC(=O)c1ccc(F)cc1. The summed E-state index contributed by atoms with van der Waals surface area (Å²) in [5.41, 5.74) is 0.629. The van der Waals surface area contributed by atoms with Crippen molar-refractivity contribution < 1.29 is 18.7 Å². The third-order valence-electron chi connectivity index (χ3n) is 3.18. The van der Waals surface area contributed by atoms with Crippen LogP contribution in [0.1, 0.15) is 20.0 Å². The maximum atomic E-state index is 13.0. The van der Waals surface area contributed by atoms with Crippen LogP contribution in [0.3, 0.4) is 0 Å². The Morgan fingerprint density at radius 1 is 1.22 bits per heavy atom. The van der Waals surface area contributed by atoms with Crippen LogP contribution in [-0.4, -0.2) is 24.0 Å². The van der Waals surface area contributed by atoms with E-state index in [0.717, 1.165) is 11.3 Å². The number of hydrogen-bond donors (Lipinski definition) is 1. The number of anilines is 1. The molecule has 3 rings (SSSR count). The summed E-state index contributed by atoms with van der Waals surface area (Å²) < 4.78 is 17.7. The summed E-state index contributed by atoms with van der Waals surface area (Å²) in [7, 11) is 1.27. The summed E-state index contributed by atoms with van der Waals surface area (Å²) in [6.07, 6.45) is 1.60. The van der Waals surface area contributed by atoms with Gasteiger partial charge in [0, 0.05) is 17.1 Å². The number of hydrogen-bond acceptors (Lipinski definition) is 5. The number of benzene rings is 1. The molecule has 3 aromatic rings. The molecule has 116 valence electrons. The fourth-order valence-corrected chi connectivity index (χ4v) is 3.10. The van der Waals surface area contributed by atoms with Crippen molar-refractivity contribution in [2.45, 2.75) is 0 Å². The van der Waals surface area contributed by atoms with Crippen molar-refractivity contribution in [3.05, 3.63) is 58.9 Å². The van der Waals surface area contributed by atoms with E-state index >= 15 is 0 Å². The average Bonchev–Trinajstić information content (AvgIpc) is 2.93. The monoisotopic (exact) mass is 330 g/mol. The lowest BCUT2D eigenvalue weighted by Crippen LogP contribution is -2.14. The number of esters is 1. The lowest BCUT2D eigenvalue weighted by Gasteiger charge is -2.06. The Balaban J connectivity index is 2.02. The van der Waals surface area contributed by atoms with E-state index in [-0.39, 0.29) is 10.4 Å². The van der Waals surface area contributed by atoms with Gasteiger partial charge in [0.05, 0.1) is 12.8 Å². The van der Waals surface area contributed by atoms with Gasteiger partial charge in [0.15, 0.2) is 0 Å². The topological polar surface area (TPSA) is 68.3 Å². The van der Waals surface area contributed by atoms with Crippen LogP contribution < -0.4 is 5.32 Å². The van der Waals surface area contributed by atoms with E-state index in [4.69, 9.17) is 4.74 Å². The number of fused-ring (bicyclic) bond motifs is 1. The first-order valence-electron chi connectivity index (χ1n) is 6.63. The Hall–Kier alpha value is -2.80. The first kappa shape index (κ1) is 15.1. The van der Waals surface area contributed by atoms with Crippen LogP contribution in [0, 0.1) is 5.82 Å². The quantitative estimate of drug-likeness (QED) is 0.747. The summed E-state index contributed by atoms with van der Waals surface area (Å²) in [6, 6.07) is 8.60. The highest BCUT2D eigenvalue weighted by Crippen LogP contribution is 2.35. The van der Waals surface area contributed by atoms with Crippen LogP contribution in [-0.2, 0) is 4.74 Å². The van der Waals surface area contributed by atoms with E-state index in [1.165, 1.54) is 31.4 Å². The number of aromatic nitrogens is 1. The van der Waals surface area contributed by atoms with Gasteiger partial charge in [0.1, 0.15) is 15.5 Å². The lowest BCUT2D eigenvalue weighted by atomic mass is 10.2. The van der Waals surface area contributed by atoms with Crippen molar-refractivity contribution in [2.24, 2.45) is 0 Å². The Bertz CT molecular complexity index is 890. The Morgan fingerprint density at radius 3 is 2.65 bits per heavy atom. The van der Waals surface area contributed by atoms with Crippen molar-refractivity contribution >= 4 is 39.1 Å². The number of amides is 1. The molecule has 0 unspecified atom stereocenters. The molecule has 2 aromatic heterocycles. The number of methoxy groups -OCH3 is 1. The Labute approximate surface area is 134 Å². The number of nitrogens with one attached hydrogen (secondary N) is 1. The van der Waals surface area contributed by atoms with Crippen LogP contribution in [0.15, 0.2) is 42.6 Å².